The second-order valence-electron chi connectivity index (χ2n) is 5.67. The van der Waals surface area contributed by atoms with Crippen LogP contribution in [0.5, 0.6) is 0 Å². The maximum absolute atomic E-state index is 11.9. The summed E-state index contributed by atoms with van der Waals surface area (Å²) in [6.07, 6.45) is 0. The second-order valence-corrected chi connectivity index (χ2v) is 7.60. The zero-order chi connectivity index (χ0) is 14.5. The fourth-order valence-electron chi connectivity index (χ4n) is 2.10. The standard InChI is InChI=1S/C12H28N4O2S/c1-11(2)13-5-8-19(17,18)14-9-12-10-15(3)6-7-16(12)4/h11-14H,5-10H2,1-4H3. The second kappa shape index (κ2) is 7.54. The van der Waals surface area contributed by atoms with E-state index >= 15 is 0 Å². The van der Waals surface area contributed by atoms with Gasteiger partial charge in [0.15, 0.2) is 0 Å². The normalized spacial score (nSPS) is 23.1. The lowest BCUT2D eigenvalue weighted by molar-refractivity contribution is 0.117. The van der Waals surface area contributed by atoms with Gasteiger partial charge in [-0.3, -0.25) is 4.90 Å². The van der Waals surface area contributed by atoms with Crippen molar-refractivity contribution in [1.82, 2.24) is 19.8 Å². The lowest BCUT2D eigenvalue weighted by Crippen LogP contribution is -2.54. The molecule has 0 saturated carbocycles. The first kappa shape index (κ1) is 16.8. The van der Waals surface area contributed by atoms with Crippen molar-refractivity contribution < 1.29 is 8.42 Å². The lowest BCUT2D eigenvalue weighted by Gasteiger charge is -2.37. The molecule has 0 bridgehead atoms. The molecule has 1 unspecified atom stereocenters. The van der Waals surface area contributed by atoms with E-state index in [1.165, 1.54) is 0 Å². The molecule has 0 amide bonds. The Kier molecular flexibility index (Phi) is 6.68. The van der Waals surface area contributed by atoms with E-state index in [0.717, 1.165) is 19.6 Å². The van der Waals surface area contributed by atoms with Crippen LogP contribution in [0.3, 0.4) is 0 Å². The Morgan fingerprint density at radius 1 is 1.26 bits per heavy atom. The average molecular weight is 292 g/mol. The Balaban J connectivity index is 2.33. The molecule has 7 heteroatoms. The Labute approximate surface area is 117 Å². The average Bonchev–Trinajstić information content (AvgIpc) is 2.30. The SMILES string of the molecule is CC(C)NCCS(=O)(=O)NCC1CN(C)CCN1C. The van der Waals surface area contributed by atoms with Gasteiger partial charge in [0, 0.05) is 44.8 Å². The van der Waals surface area contributed by atoms with Crippen molar-refractivity contribution in [1.29, 1.82) is 0 Å². The molecule has 2 N–H and O–H groups in total. The first-order chi connectivity index (χ1) is 8.80. The van der Waals surface area contributed by atoms with E-state index in [4.69, 9.17) is 0 Å². The highest BCUT2D eigenvalue weighted by Gasteiger charge is 2.23. The third-order valence-corrected chi connectivity index (χ3v) is 4.79. The summed E-state index contributed by atoms with van der Waals surface area (Å²) in [7, 11) is 0.943. The van der Waals surface area contributed by atoms with Crippen molar-refractivity contribution in [3.8, 4) is 0 Å². The van der Waals surface area contributed by atoms with E-state index in [1.807, 2.05) is 20.9 Å². The number of sulfonamides is 1. The van der Waals surface area contributed by atoms with Crippen LogP contribution in [0.2, 0.25) is 0 Å². The molecule has 0 aliphatic carbocycles. The molecule has 1 saturated heterocycles. The minimum atomic E-state index is -3.18. The maximum Gasteiger partial charge on any atom is 0.212 e. The minimum Gasteiger partial charge on any atom is -0.313 e. The third-order valence-electron chi connectivity index (χ3n) is 3.44. The summed E-state index contributed by atoms with van der Waals surface area (Å²) in [5, 5.41) is 3.12. The molecule has 19 heavy (non-hydrogen) atoms. The van der Waals surface area contributed by atoms with Gasteiger partial charge in [-0.2, -0.15) is 0 Å². The smallest absolute Gasteiger partial charge is 0.212 e. The summed E-state index contributed by atoms with van der Waals surface area (Å²) in [6.45, 7) is 7.93. The fourth-order valence-corrected chi connectivity index (χ4v) is 3.08. The molecule has 1 aliphatic rings. The van der Waals surface area contributed by atoms with E-state index in [0.29, 0.717) is 19.1 Å². The van der Waals surface area contributed by atoms with E-state index in [9.17, 15) is 8.42 Å². The maximum atomic E-state index is 11.9. The van der Waals surface area contributed by atoms with Crippen LogP contribution >= 0.6 is 0 Å². The molecular formula is C12H28N4O2S. The molecule has 1 rings (SSSR count). The van der Waals surface area contributed by atoms with Crippen LogP contribution in [0.25, 0.3) is 0 Å². The fraction of sp³-hybridized carbons (Fsp3) is 1.00. The van der Waals surface area contributed by atoms with Crippen LogP contribution in [0.1, 0.15) is 13.8 Å². The minimum absolute atomic E-state index is 0.136. The number of hydrogen-bond acceptors (Lipinski definition) is 5. The first-order valence-corrected chi connectivity index (χ1v) is 8.55. The monoisotopic (exact) mass is 292 g/mol. The molecule has 0 spiro atoms. The number of rotatable bonds is 7. The van der Waals surface area contributed by atoms with Gasteiger partial charge in [0.25, 0.3) is 0 Å². The molecule has 1 atom stereocenters. The number of nitrogens with zero attached hydrogens (tertiary/aromatic N) is 2. The highest BCUT2D eigenvalue weighted by atomic mass is 32.2. The largest absolute Gasteiger partial charge is 0.313 e. The van der Waals surface area contributed by atoms with E-state index in [1.54, 1.807) is 0 Å². The van der Waals surface area contributed by atoms with Crippen molar-refractivity contribution in [3.05, 3.63) is 0 Å². The molecule has 1 aliphatic heterocycles. The van der Waals surface area contributed by atoms with Crippen LogP contribution in [0, 0.1) is 0 Å². The van der Waals surface area contributed by atoms with Crippen molar-refractivity contribution in [2.24, 2.45) is 0 Å². The molecule has 114 valence electrons. The summed E-state index contributed by atoms with van der Waals surface area (Å²) in [6, 6.07) is 0.569. The number of hydrogen-bond donors (Lipinski definition) is 2. The van der Waals surface area contributed by atoms with E-state index in [2.05, 4.69) is 26.9 Å². The van der Waals surface area contributed by atoms with Crippen LogP contribution in [-0.2, 0) is 10.0 Å². The first-order valence-electron chi connectivity index (χ1n) is 6.89. The van der Waals surface area contributed by atoms with Gasteiger partial charge in [-0.05, 0) is 14.1 Å². The number of likely N-dealkylation sites (N-methyl/N-ethyl adjacent to an activating group) is 2. The highest BCUT2D eigenvalue weighted by molar-refractivity contribution is 7.89. The van der Waals surface area contributed by atoms with Gasteiger partial charge in [0.1, 0.15) is 0 Å². The summed E-state index contributed by atoms with van der Waals surface area (Å²) in [4.78, 5) is 4.45. The van der Waals surface area contributed by atoms with E-state index in [-0.39, 0.29) is 11.8 Å². The summed E-state index contributed by atoms with van der Waals surface area (Å²) in [5.41, 5.74) is 0. The van der Waals surface area contributed by atoms with Gasteiger partial charge < -0.3 is 10.2 Å². The molecule has 0 aromatic carbocycles. The van der Waals surface area contributed by atoms with Crippen molar-refractivity contribution in [2.75, 3.05) is 52.6 Å². The lowest BCUT2D eigenvalue weighted by atomic mass is 10.2. The van der Waals surface area contributed by atoms with Gasteiger partial charge in [-0.15, -0.1) is 0 Å². The summed E-state index contributed by atoms with van der Waals surface area (Å²) in [5.74, 6) is 0.136. The van der Waals surface area contributed by atoms with Gasteiger partial charge in [0.2, 0.25) is 10.0 Å². The van der Waals surface area contributed by atoms with Crippen LogP contribution in [-0.4, -0.2) is 82.9 Å². The Morgan fingerprint density at radius 3 is 2.58 bits per heavy atom. The van der Waals surface area contributed by atoms with Gasteiger partial charge >= 0.3 is 0 Å². The molecule has 1 fully saturated rings. The van der Waals surface area contributed by atoms with Crippen LogP contribution in [0.15, 0.2) is 0 Å². The highest BCUT2D eigenvalue weighted by Crippen LogP contribution is 2.05. The Hall–Kier alpha value is -0.210. The molecule has 1 heterocycles. The van der Waals surface area contributed by atoms with E-state index < -0.39 is 10.0 Å². The van der Waals surface area contributed by atoms with Gasteiger partial charge in [0.05, 0.1) is 5.75 Å². The zero-order valence-electron chi connectivity index (χ0n) is 12.5. The molecule has 6 nitrogen and oxygen atoms in total. The van der Waals surface area contributed by atoms with Crippen molar-refractivity contribution >= 4 is 10.0 Å². The van der Waals surface area contributed by atoms with Crippen molar-refractivity contribution in [2.45, 2.75) is 25.9 Å². The number of piperazine rings is 1. The van der Waals surface area contributed by atoms with Crippen LogP contribution in [0.4, 0.5) is 0 Å². The van der Waals surface area contributed by atoms with Gasteiger partial charge in [-0.25, -0.2) is 13.1 Å². The Bertz CT molecular complexity index is 359. The molecule has 0 aromatic rings. The predicted molar refractivity (Wildman–Crippen MR) is 78.8 cm³/mol. The summed E-state index contributed by atoms with van der Waals surface area (Å²) >= 11 is 0. The molecule has 0 aromatic heterocycles. The van der Waals surface area contributed by atoms with Gasteiger partial charge in [-0.1, -0.05) is 13.8 Å². The van der Waals surface area contributed by atoms with Crippen molar-refractivity contribution in [3.63, 3.8) is 0 Å². The predicted octanol–water partition coefficient (Wildman–Crippen LogP) is -0.850. The third kappa shape index (κ3) is 6.67. The molecular weight excluding hydrogens is 264 g/mol. The molecule has 0 radical (unpaired) electrons. The quantitative estimate of drug-likeness (QED) is 0.640. The Morgan fingerprint density at radius 2 is 1.95 bits per heavy atom. The topological polar surface area (TPSA) is 64.7 Å². The van der Waals surface area contributed by atoms with Crippen LogP contribution < -0.4 is 10.0 Å². The number of nitrogens with one attached hydrogen (secondary N) is 2. The summed E-state index contributed by atoms with van der Waals surface area (Å²) < 4.78 is 26.4. The zero-order valence-corrected chi connectivity index (χ0v) is 13.3.